The Hall–Kier alpha value is -4.21. The summed E-state index contributed by atoms with van der Waals surface area (Å²) >= 11 is 3.33. The Morgan fingerprint density at radius 1 is 1.09 bits per heavy atom. The molecule has 0 radical (unpaired) electrons. The van der Waals surface area contributed by atoms with E-state index in [1.54, 1.807) is 35.2 Å². The number of halogens is 2. The van der Waals surface area contributed by atoms with Crippen LogP contribution in [0.2, 0.25) is 0 Å². The fraction of sp³-hybridized carbons (Fsp3) is 0.400. The van der Waals surface area contributed by atoms with Crippen molar-refractivity contribution in [3.63, 3.8) is 0 Å². The molecule has 238 valence electrons. The van der Waals surface area contributed by atoms with Crippen LogP contribution in [0.25, 0.3) is 0 Å². The van der Waals surface area contributed by atoms with Gasteiger partial charge in [-0.1, -0.05) is 15.9 Å². The summed E-state index contributed by atoms with van der Waals surface area (Å²) in [6.07, 6.45) is 3.04. The van der Waals surface area contributed by atoms with Gasteiger partial charge in [0.2, 0.25) is 0 Å². The number of nitro benzene ring substituents is 1. The van der Waals surface area contributed by atoms with Crippen LogP contribution < -0.4 is 10.6 Å². The van der Waals surface area contributed by atoms with Gasteiger partial charge in [0.15, 0.2) is 0 Å². The van der Waals surface area contributed by atoms with E-state index in [0.717, 1.165) is 6.20 Å². The average molecular weight is 687 g/mol. The Bertz CT molecular complexity index is 1570. The molecule has 1 aromatic carbocycles. The molecule has 2 aliphatic rings. The molecule has 0 bridgehead atoms. The van der Waals surface area contributed by atoms with E-state index >= 15 is 0 Å². The van der Waals surface area contributed by atoms with Crippen LogP contribution >= 0.6 is 15.9 Å². The Kier molecular flexibility index (Phi) is 9.90. The lowest BCUT2D eigenvalue weighted by Gasteiger charge is -2.35. The zero-order valence-electron chi connectivity index (χ0n) is 24.9. The van der Waals surface area contributed by atoms with Crippen LogP contribution in [0.1, 0.15) is 40.3 Å². The second kappa shape index (κ2) is 13.8. The summed E-state index contributed by atoms with van der Waals surface area (Å²) in [5, 5.41) is 18.5. The van der Waals surface area contributed by atoms with Gasteiger partial charge >= 0.3 is 0 Å². The quantitative estimate of drug-likeness (QED) is 0.249. The van der Waals surface area contributed by atoms with Crippen LogP contribution in [-0.4, -0.2) is 94.1 Å². The molecule has 15 heteroatoms. The standard InChI is InChI=1S/C30H33BrFN7O6/c1-17-12-37(13-18(2)45-17)30(41)24-7-20(31)8-26(39(42)43)28(24)36-25-14-38(29(40)19-6-23(33-3)11-34-9-19)15-27(25)44-16-22-5-4-21(32)10-35-22/h4-11,17-18,25,27,33,36H,12-16H2,1-3H3/t17-,18+,25-,27-/m0/s1. The Balaban J connectivity index is 1.47. The number of nitrogens with zero attached hydrogens (tertiary/aromatic N) is 5. The minimum absolute atomic E-state index is 0.000272. The van der Waals surface area contributed by atoms with Gasteiger partial charge in [-0.25, -0.2) is 4.39 Å². The van der Waals surface area contributed by atoms with Crippen LogP contribution in [0, 0.1) is 15.9 Å². The highest BCUT2D eigenvalue weighted by Crippen LogP contribution is 2.36. The summed E-state index contributed by atoms with van der Waals surface area (Å²) in [5.41, 5.74) is 1.29. The third-order valence-corrected chi connectivity index (χ3v) is 8.07. The van der Waals surface area contributed by atoms with Crippen LogP contribution in [-0.2, 0) is 16.1 Å². The summed E-state index contributed by atoms with van der Waals surface area (Å²) in [7, 11) is 1.72. The lowest BCUT2D eigenvalue weighted by atomic mass is 10.1. The SMILES string of the molecule is CNc1cncc(C(=O)N2C[C@H](Nc3c(C(=O)N4C[C@@H](C)O[C@@H](C)C4)cc(Br)cc3[N+](=O)[O-])[C@@H](OCc3ccc(F)cn3)C2)c1. The number of nitro groups is 1. The van der Waals surface area contributed by atoms with Crippen molar-refractivity contribution in [2.45, 2.75) is 44.8 Å². The van der Waals surface area contributed by atoms with Crippen LogP contribution in [0.15, 0.2) is 53.4 Å². The molecule has 0 saturated carbocycles. The van der Waals surface area contributed by atoms with Gasteiger partial charge in [-0.3, -0.25) is 29.7 Å². The largest absolute Gasteiger partial charge is 0.387 e. The topological polar surface area (TPSA) is 152 Å². The first kappa shape index (κ1) is 32.2. The Labute approximate surface area is 267 Å². The summed E-state index contributed by atoms with van der Waals surface area (Å²) in [5.74, 6) is -1.19. The van der Waals surface area contributed by atoms with Crippen LogP contribution in [0.3, 0.4) is 0 Å². The minimum Gasteiger partial charge on any atom is -0.387 e. The number of benzene rings is 1. The highest BCUT2D eigenvalue weighted by atomic mass is 79.9. The van der Waals surface area contributed by atoms with E-state index < -0.39 is 28.8 Å². The number of carbonyl (C=O) groups is 2. The molecule has 4 atom stereocenters. The molecule has 0 unspecified atom stereocenters. The lowest BCUT2D eigenvalue weighted by molar-refractivity contribution is -0.384. The number of aromatic nitrogens is 2. The maximum absolute atomic E-state index is 13.9. The van der Waals surface area contributed by atoms with Crippen molar-refractivity contribution >= 4 is 44.8 Å². The van der Waals surface area contributed by atoms with Crippen molar-refractivity contribution in [2.24, 2.45) is 0 Å². The number of morpholine rings is 1. The number of amides is 2. The van der Waals surface area contributed by atoms with Gasteiger partial charge in [-0.15, -0.1) is 0 Å². The summed E-state index contributed by atoms with van der Waals surface area (Å²) in [4.78, 5) is 50.6. The van der Waals surface area contributed by atoms with E-state index in [0.29, 0.717) is 34.5 Å². The number of hydrogen-bond acceptors (Lipinski definition) is 10. The summed E-state index contributed by atoms with van der Waals surface area (Å²) in [6, 6.07) is 6.65. The molecular formula is C30H33BrFN7O6. The van der Waals surface area contributed by atoms with Gasteiger partial charge in [0, 0.05) is 56.2 Å². The van der Waals surface area contributed by atoms with E-state index in [4.69, 9.17) is 9.47 Å². The number of anilines is 2. The van der Waals surface area contributed by atoms with Gasteiger partial charge in [0.05, 0.1) is 64.6 Å². The molecule has 45 heavy (non-hydrogen) atoms. The molecule has 5 rings (SSSR count). The first-order chi connectivity index (χ1) is 21.5. The van der Waals surface area contributed by atoms with E-state index in [9.17, 15) is 24.1 Å². The van der Waals surface area contributed by atoms with Crippen molar-refractivity contribution in [1.82, 2.24) is 19.8 Å². The Morgan fingerprint density at radius 2 is 1.82 bits per heavy atom. The monoisotopic (exact) mass is 685 g/mol. The fourth-order valence-corrected chi connectivity index (χ4v) is 6.01. The Morgan fingerprint density at radius 3 is 2.49 bits per heavy atom. The molecular weight excluding hydrogens is 653 g/mol. The van der Waals surface area contributed by atoms with Gasteiger partial charge < -0.3 is 29.9 Å². The maximum atomic E-state index is 13.9. The van der Waals surface area contributed by atoms with Crippen molar-refractivity contribution in [1.29, 1.82) is 0 Å². The predicted molar refractivity (Wildman–Crippen MR) is 167 cm³/mol. The molecule has 2 fully saturated rings. The summed E-state index contributed by atoms with van der Waals surface area (Å²) < 4.78 is 25.8. The van der Waals surface area contributed by atoms with Gasteiger partial charge in [-0.2, -0.15) is 0 Å². The molecule has 4 heterocycles. The second-order valence-electron chi connectivity index (χ2n) is 11.1. The fourth-order valence-electron chi connectivity index (χ4n) is 5.56. The zero-order chi connectivity index (χ0) is 32.2. The molecule has 0 aliphatic carbocycles. The van der Waals surface area contributed by atoms with E-state index in [2.05, 4.69) is 36.5 Å². The third kappa shape index (κ3) is 7.54. The van der Waals surface area contributed by atoms with E-state index in [1.165, 1.54) is 24.4 Å². The molecule has 3 aromatic rings. The van der Waals surface area contributed by atoms with E-state index in [-0.39, 0.29) is 54.7 Å². The molecule has 2 amide bonds. The maximum Gasteiger partial charge on any atom is 0.294 e. The van der Waals surface area contributed by atoms with Crippen molar-refractivity contribution in [2.75, 3.05) is 43.9 Å². The third-order valence-electron chi connectivity index (χ3n) is 7.61. The molecule has 2 aliphatic heterocycles. The first-order valence-electron chi connectivity index (χ1n) is 14.4. The predicted octanol–water partition coefficient (Wildman–Crippen LogP) is 4.10. The summed E-state index contributed by atoms with van der Waals surface area (Å²) in [6.45, 7) is 4.62. The van der Waals surface area contributed by atoms with Crippen LogP contribution in [0.4, 0.5) is 21.5 Å². The van der Waals surface area contributed by atoms with Crippen molar-refractivity contribution in [3.05, 3.63) is 86.1 Å². The molecule has 2 aromatic heterocycles. The normalized spacial score (nSPS) is 21.4. The highest BCUT2D eigenvalue weighted by Gasteiger charge is 2.39. The average Bonchev–Trinajstić information content (AvgIpc) is 3.42. The number of carbonyl (C=O) groups excluding carboxylic acids is 2. The van der Waals surface area contributed by atoms with Gasteiger partial charge in [-0.05, 0) is 38.1 Å². The molecule has 2 N–H and O–H groups in total. The number of pyridine rings is 2. The molecule has 0 spiro atoms. The van der Waals surface area contributed by atoms with Crippen molar-refractivity contribution < 1.29 is 28.4 Å². The van der Waals surface area contributed by atoms with Crippen molar-refractivity contribution in [3.8, 4) is 0 Å². The van der Waals surface area contributed by atoms with E-state index in [1.807, 2.05) is 13.8 Å². The number of nitrogens with one attached hydrogen (secondary N) is 2. The smallest absolute Gasteiger partial charge is 0.294 e. The highest BCUT2D eigenvalue weighted by molar-refractivity contribution is 9.10. The van der Waals surface area contributed by atoms with Gasteiger partial charge in [0.1, 0.15) is 11.5 Å². The number of ether oxygens (including phenoxy) is 2. The molecule has 13 nitrogen and oxygen atoms in total. The minimum atomic E-state index is -0.670. The number of hydrogen-bond donors (Lipinski definition) is 2. The number of rotatable bonds is 9. The second-order valence-corrected chi connectivity index (χ2v) is 12.0. The first-order valence-corrected chi connectivity index (χ1v) is 15.1. The number of likely N-dealkylation sites (tertiary alicyclic amines) is 1. The van der Waals surface area contributed by atoms with Gasteiger partial charge in [0.25, 0.3) is 17.5 Å². The zero-order valence-corrected chi connectivity index (χ0v) is 26.5. The van der Waals surface area contributed by atoms with Crippen LogP contribution in [0.5, 0.6) is 0 Å². The molecule has 2 saturated heterocycles. The lowest BCUT2D eigenvalue weighted by Crippen LogP contribution is -2.48.